The minimum Gasteiger partial charge on any atom is -0.257 e. The zero-order valence-electron chi connectivity index (χ0n) is 13.3. The number of aryl methyl sites for hydroxylation is 1. The molecule has 0 saturated heterocycles. The predicted octanol–water partition coefficient (Wildman–Crippen LogP) is 4.86. The van der Waals surface area contributed by atoms with Gasteiger partial charge in [0.15, 0.2) is 0 Å². The topological polar surface area (TPSA) is 12.9 Å². The van der Waals surface area contributed by atoms with Crippen molar-refractivity contribution in [1.29, 1.82) is 0 Å². The lowest BCUT2D eigenvalue weighted by Crippen LogP contribution is -2.13. The summed E-state index contributed by atoms with van der Waals surface area (Å²) in [6.07, 6.45) is 3.83. The summed E-state index contributed by atoms with van der Waals surface area (Å²) >= 11 is 0. The molecule has 1 heteroatoms. The van der Waals surface area contributed by atoms with E-state index in [1.165, 1.54) is 24.2 Å². The van der Waals surface area contributed by atoms with E-state index in [0.717, 1.165) is 18.3 Å². The van der Waals surface area contributed by atoms with E-state index in [2.05, 4.69) is 41.5 Å². The second kappa shape index (κ2) is 4.07. The minimum atomic E-state index is 0.459. The van der Waals surface area contributed by atoms with E-state index in [4.69, 9.17) is 4.98 Å². The fourth-order valence-corrected chi connectivity index (χ4v) is 4.62. The average Bonchev–Trinajstić information content (AvgIpc) is 2.96. The largest absolute Gasteiger partial charge is 0.257 e. The molecule has 3 rings (SSSR count). The number of aromatic nitrogens is 1. The van der Waals surface area contributed by atoms with Crippen LogP contribution in [0.4, 0.5) is 0 Å². The van der Waals surface area contributed by atoms with E-state index >= 15 is 0 Å². The van der Waals surface area contributed by atoms with E-state index < -0.39 is 0 Å². The average molecular weight is 257 g/mol. The van der Waals surface area contributed by atoms with Crippen LogP contribution < -0.4 is 0 Å². The maximum atomic E-state index is 5.01. The van der Waals surface area contributed by atoms with E-state index in [1.807, 2.05) is 0 Å². The molecule has 104 valence electrons. The fourth-order valence-electron chi connectivity index (χ4n) is 4.62. The highest BCUT2D eigenvalue weighted by Gasteiger charge is 2.62. The SMILES string of the molecule is CCc1c(C)nc(C(C)C)c2c1C(CC)C1CC21C. The van der Waals surface area contributed by atoms with Gasteiger partial charge in [0.2, 0.25) is 0 Å². The zero-order chi connectivity index (χ0) is 13.9. The van der Waals surface area contributed by atoms with Gasteiger partial charge < -0.3 is 0 Å². The normalized spacial score (nSPS) is 31.5. The van der Waals surface area contributed by atoms with Crippen molar-refractivity contribution >= 4 is 0 Å². The van der Waals surface area contributed by atoms with E-state index in [-0.39, 0.29) is 0 Å². The Morgan fingerprint density at radius 3 is 2.53 bits per heavy atom. The zero-order valence-corrected chi connectivity index (χ0v) is 13.3. The van der Waals surface area contributed by atoms with Gasteiger partial charge in [0.25, 0.3) is 0 Å². The Labute approximate surface area is 117 Å². The van der Waals surface area contributed by atoms with Crippen LogP contribution in [0.25, 0.3) is 0 Å². The molecule has 1 fully saturated rings. The monoisotopic (exact) mass is 257 g/mol. The van der Waals surface area contributed by atoms with Gasteiger partial charge in [0.05, 0.1) is 0 Å². The smallest absolute Gasteiger partial charge is 0.0472 e. The highest BCUT2D eigenvalue weighted by atomic mass is 14.8. The standard InChI is InChI=1S/C18H27N/c1-7-12-11(5)19-17(10(3)4)16-15(12)13(8-2)14-9-18(14,16)6/h10,13-14H,7-9H2,1-6H3. The molecule has 0 spiro atoms. The first-order valence-corrected chi connectivity index (χ1v) is 7.99. The first kappa shape index (κ1) is 13.1. The van der Waals surface area contributed by atoms with Crippen LogP contribution in [0.3, 0.4) is 0 Å². The molecule has 0 radical (unpaired) electrons. The quantitative estimate of drug-likeness (QED) is 0.753. The fraction of sp³-hybridized carbons (Fsp3) is 0.722. The molecular weight excluding hydrogens is 230 g/mol. The van der Waals surface area contributed by atoms with Crippen LogP contribution in [0.5, 0.6) is 0 Å². The van der Waals surface area contributed by atoms with Crippen molar-refractivity contribution in [2.24, 2.45) is 5.92 Å². The van der Waals surface area contributed by atoms with Crippen molar-refractivity contribution in [3.05, 3.63) is 28.1 Å². The molecule has 1 heterocycles. The van der Waals surface area contributed by atoms with Crippen molar-refractivity contribution in [3.63, 3.8) is 0 Å². The molecular formula is C18H27N. The van der Waals surface area contributed by atoms with Crippen LogP contribution in [0.1, 0.15) is 87.4 Å². The third-order valence-corrected chi connectivity index (χ3v) is 5.65. The van der Waals surface area contributed by atoms with Gasteiger partial charge in [-0.2, -0.15) is 0 Å². The van der Waals surface area contributed by atoms with Crippen LogP contribution in [0, 0.1) is 12.8 Å². The summed E-state index contributed by atoms with van der Waals surface area (Å²) in [5, 5.41) is 0. The number of fused-ring (bicyclic) bond motifs is 3. The number of hydrogen-bond acceptors (Lipinski definition) is 1. The maximum absolute atomic E-state index is 5.01. The second-order valence-corrected chi connectivity index (χ2v) is 7.10. The van der Waals surface area contributed by atoms with Crippen LogP contribution in [0.2, 0.25) is 0 Å². The van der Waals surface area contributed by atoms with Gasteiger partial charge in [0, 0.05) is 11.4 Å². The Bertz CT molecular complexity index is 529. The van der Waals surface area contributed by atoms with Crippen molar-refractivity contribution < 1.29 is 0 Å². The molecule has 2 aliphatic carbocycles. The number of pyridine rings is 1. The summed E-state index contributed by atoms with van der Waals surface area (Å²) < 4.78 is 0. The van der Waals surface area contributed by atoms with Gasteiger partial charge in [-0.3, -0.25) is 4.98 Å². The van der Waals surface area contributed by atoms with Gasteiger partial charge in [-0.1, -0.05) is 34.6 Å². The molecule has 0 N–H and O–H groups in total. The van der Waals surface area contributed by atoms with Gasteiger partial charge >= 0.3 is 0 Å². The van der Waals surface area contributed by atoms with Crippen molar-refractivity contribution in [2.45, 2.75) is 78.1 Å². The Morgan fingerprint density at radius 1 is 1.32 bits per heavy atom. The summed E-state index contributed by atoms with van der Waals surface area (Å²) in [6, 6.07) is 0. The summed E-state index contributed by atoms with van der Waals surface area (Å²) in [5.41, 5.74) is 8.06. The van der Waals surface area contributed by atoms with E-state index in [1.54, 1.807) is 16.7 Å². The van der Waals surface area contributed by atoms with Crippen LogP contribution >= 0.6 is 0 Å². The highest BCUT2D eigenvalue weighted by molar-refractivity contribution is 5.57. The van der Waals surface area contributed by atoms with Crippen molar-refractivity contribution in [2.75, 3.05) is 0 Å². The summed E-state index contributed by atoms with van der Waals surface area (Å²) in [6.45, 7) is 13.9. The van der Waals surface area contributed by atoms with Crippen molar-refractivity contribution in [1.82, 2.24) is 4.98 Å². The second-order valence-electron chi connectivity index (χ2n) is 7.10. The summed E-state index contributed by atoms with van der Waals surface area (Å²) in [7, 11) is 0. The van der Waals surface area contributed by atoms with Crippen molar-refractivity contribution in [3.8, 4) is 0 Å². The first-order valence-electron chi connectivity index (χ1n) is 7.99. The Morgan fingerprint density at radius 2 is 2.00 bits per heavy atom. The molecule has 3 unspecified atom stereocenters. The predicted molar refractivity (Wildman–Crippen MR) is 80.9 cm³/mol. The van der Waals surface area contributed by atoms with Crippen LogP contribution in [-0.4, -0.2) is 4.98 Å². The van der Waals surface area contributed by atoms with E-state index in [9.17, 15) is 0 Å². The molecule has 1 nitrogen and oxygen atoms in total. The molecule has 0 bridgehead atoms. The van der Waals surface area contributed by atoms with Gasteiger partial charge in [-0.15, -0.1) is 0 Å². The molecule has 1 aromatic heterocycles. The van der Waals surface area contributed by atoms with Gasteiger partial charge in [-0.05, 0) is 66.0 Å². The Balaban J connectivity index is 2.31. The molecule has 0 aliphatic heterocycles. The molecule has 1 saturated carbocycles. The number of nitrogens with zero attached hydrogens (tertiary/aromatic N) is 1. The lowest BCUT2D eigenvalue weighted by molar-refractivity contribution is 0.571. The third-order valence-electron chi connectivity index (χ3n) is 5.65. The molecule has 19 heavy (non-hydrogen) atoms. The van der Waals surface area contributed by atoms with Crippen LogP contribution in [-0.2, 0) is 11.8 Å². The van der Waals surface area contributed by atoms with Gasteiger partial charge in [0.1, 0.15) is 0 Å². The summed E-state index contributed by atoms with van der Waals surface area (Å²) in [5.74, 6) is 2.25. The Kier molecular flexibility index (Phi) is 2.82. The highest BCUT2D eigenvalue weighted by Crippen LogP contribution is 2.69. The number of hydrogen-bond donors (Lipinski definition) is 0. The Hall–Kier alpha value is -0.850. The summed E-state index contributed by atoms with van der Waals surface area (Å²) in [4.78, 5) is 5.01. The molecule has 0 amide bonds. The molecule has 1 aromatic rings. The van der Waals surface area contributed by atoms with Crippen LogP contribution in [0.15, 0.2) is 0 Å². The van der Waals surface area contributed by atoms with E-state index in [0.29, 0.717) is 11.3 Å². The molecule has 2 aliphatic rings. The number of rotatable bonds is 3. The lowest BCUT2D eigenvalue weighted by atomic mass is 9.84. The molecule has 3 atom stereocenters. The van der Waals surface area contributed by atoms with Gasteiger partial charge in [-0.25, -0.2) is 0 Å². The minimum absolute atomic E-state index is 0.459. The maximum Gasteiger partial charge on any atom is 0.0472 e. The first-order chi connectivity index (χ1) is 8.95. The lowest BCUT2D eigenvalue weighted by Gasteiger charge is -2.23. The third kappa shape index (κ3) is 1.57. The molecule has 0 aromatic carbocycles.